The van der Waals surface area contributed by atoms with Gasteiger partial charge in [0.1, 0.15) is 0 Å². The number of carbonyl (C=O) groups is 1. The van der Waals surface area contributed by atoms with Gasteiger partial charge in [0, 0.05) is 30.6 Å². The molecule has 0 amide bonds. The number of sulfone groups is 1. The Balaban J connectivity index is 2.39. The molecular formula is C13H17NO3S. The molecule has 1 heterocycles. The molecule has 5 heteroatoms. The molecule has 0 N–H and O–H groups in total. The summed E-state index contributed by atoms with van der Waals surface area (Å²) in [5.74, 6) is 0. The van der Waals surface area contributed by atoms with Gasteiger partial charge in [-0.05, 0) is 37.5 Å². The number of hydrogen-bond donors (Lipinski definition) is 0. The SMILES string of the molecule is CS(=O)(=O)c1ccc(N2CCCCC2)c(C=O)c1. The van der Waals surface area contributed by atoms with Gasteiger partial charge in [-0.15, -0.1) is 0 Å². The minimum Gasteiger partial charge on any atom is -0.371 e. The zero-order valence-electron chi connectivity index (χ0n) is 10.4. The van der Waals surface area contributed by atoms with Crippen molar-refractivity contribution in [3.63, 3.8) is 0 Å². The lowest BCUT2D eigenvalue weighted by Gasteiger charge is -2.29. The molecule has 0 saturated carbocycles. The molecule has 0 unspecified atom stereocenters. The Morgan fingerprint density at radius 3 is 2.39 bits per heavy atom. The Morgan fingerprint density at radius 1 is 1.17 bits per heavy atom. The minimum atomic E-state index is -3.26. The molecule has 0 aromatic heterocycles. The van der Waals surface area contributed by atoms with Crippen LogP contribution < -0.4 is 4.90 Å². The van der Waals surface area contributed by atoms with Crippen molar-refractivity contribution < 1.29 is 13.2 Å². The molecular weight excluding hydrogens is 250 g/mol. The Kier molecular flexibility index (Phi) is 3.71. The van der Waals surface area contributed by atoms with E-state index in [4.69, 9.17) is 0 Å². The van der Waals surface area contributed by atoms with E-state index in [1.807, 2.05) is 0 Å². The van der Waals surface area contributed by atoms with Crippen LogP contribution in [0.25, 0.3) is 0 Å². The van der Waals surface area contributed by atoms with Gasteiger partial charge in [0.05, 0.1) is 4.90 Å². The molecule has 0 aliphatic carbocycles. The number of anilines is 1. The Hall–Kier alpha value is -1.36. The first kappa shape index (κ1) is 13.1. The van der Waals surface area contributed by atoms with E-state index in [2.05, 4.69) is 4.90 Å². The van der Waals surface area contributed by atoms with Crippen LogP contribution in [0.1, 0.15) is 29.6 Å². The summed E-state index contributed by atoms with van der Waals surface area (Å²) in [4.78, 5) is 13.5. The zero-order chi connectivity index (χ0) is 13.2. The second kappa shape index (κ2) is 5.10. The van der Waals surface area contributed by atoms with Gasteiger partial charge in [-0.3, -0.25) is 4.79 Å². The summed E-state index contributed by atoms with van der Waals surface area (Å²) in [6, 6.07) is 4.78. The van der Waals surface area contributed by atoms with Crippen LogP contribution in [0.3, 0.4) is 0 Å². The summed E-state index contributed by atoms with van der Waals surface area (Å²) in [5, 5.41) is 0. The highest BCUT2D eigenvalue weighted by Crippen LogP contribution is 2.25. The molecule has 1 aliphatic rings. The quantitative estimate of drug-likeness (QED) is 0.785. The maximum Gasteiger partial charge on any atom is 0.175 e. The molecule has 0 atom stereocenters. The molecule has 0 spiro atoms. The highest BCUT2D eigenvalue weighted by molar-refractivity contribution is 7.90. The van der Waals surface area contributed by atoms with Crippen LogP contribution in [0.2, 0.25) is 0 Å². The summed E-state index contributed by atoms with van der Waals surface area (Å²) >= 11 is 0. The lowest BCUT2D eigenvalue weighted by Crippen LogP contribution is -2.30. The van der Waals surface area contributed by atoms with Crippen LogP contribution in [0.4, 0.5) is 5.69 Å². The molecule has 1 aromatic rings. The third-order valence-corrected chi connectivity index (χ3v) is 4.36. The first-order valence-electron chi connectivity index (χ1n) is 6.06. The van der Waals surface area contributed by atoms with Gasteiger partial charge in [-0.2, -0.15) is 0 Å². The average molecular weight is 267 g/mol. The number of aldehydes is 1. The Bertz CT molecular complexity index is 545. The molecule has 4 nitrogen and oxygen atoms in total. The highest BCUT2D eigenvalue weighted by Gasteiger charge is 2.16. The van der Waals surface area contributed by atoms with Gasteiger partial charge in [0.2, 0.25) is 0 Å². The van der Waals surface area contributed by atoms with Gasteiger partial charge >= 0.3 is 0 Å². The van der Waals surface area contributed by atoms with Crippen molar-refractivity contribution in [2.75, 3.05) is 24.2 Å². The average Bonchev–Trinajstić information content (AvgIpc) is 2.38. The first-order chi connectivity index (χ1) is 8.52. The van der Waals surface area contributed by atoms with E-state index in [0.29, 0.717) is 5.56 Å². The number of piperidine rings is 1. The highest BCUT2D eigenvalue weighted by atomic mass is 32.2. The molecule has 1 saturated heterocycles. The zero-order valence-corrected chi connectivity index (χ0v) is 11.2. The molecule has 1 aliphatic heterocycles. The van der Waals surface area contributed by atoms with Crippen molar-refractivity contribution >= 4 is 21.8 Å². The molecule has 0 bridgehead atoms. The van der Waals surface area contributed by atoms with Crippen LogP contribution in [0, 0.1) is 0 Å². The van der Waals surface area contributed by atoms with Crippen molar-refractivity contribution in [2.45, 2.75) is 24.2 Å². The predicted molar refractivity (Wildman–Crippen MR) is 71.0 cm³/mol. The van der Waals surface area contributed by atoms with Gasteiger partial charge < -0.3 is 4.90 Å². The fraction of sp³-hybridized carbons (Fsp3) is 0.462. The van der Waals surface area contributed by atoms with E-state index in [1.54, 1.807) is 12.1 Å². The van der Waals surface area contributed by atoms with Crippen LogP contribution in [0.5, 0.6) is 0 Å². The topological polar surface area (TPSA) is 54.5 Å². The minimum absolute atomic E-state index is 0.199. The molecule has 1 fully saturated rings. The van der Waals surface area contributed by atoms with Crippen LogP contribution >= 0.6 is 0 Å². The van der Waals surface area contributed by atoms with E-state index >= 15 is 0 Å². The lowest BCUT2D eigenvalue weighted by molar-refractivity contribution is 0.112. The van der Waals surface area contributed by atoms with Crippen molar-refractivity contribution in [1.82, 2.24) is 0 Å². The number of benzene rings is 1. The molecule has 98 valence electrons. The van der Waals surface area contributed by atoms with Gasteiger partial charge in [0.15, 0.2) is 16.1 Å². The number of nitrogens with zero attached hydrogens (tertiary/aromatic N) is 1. The normalized spacial score (nSPS) is 16.6. The van der Waals surface area contributed by atoms with E-state index in [0.717, 1.165) is 44.2 Å². The molecule has 1 aromatic carbocycles. The van der Waals surface area contributed by atoms with Crippen molar-refractivity contribution in [3.05, 3.63) is 23.8 Å². The fourth-order valence-corrected chi connectivity index (χ4v) is 2.94. The second-order valence-corrected chi connectivity index (χ2v) is 6.67. The second-order valence-electron chi connectivity index (χ2n) is 4.66. The van der Waals surface area contributed by atoms with Crippen LogP contribution in [-0.2, 0) is 9.84 Å². The standard InChI is InChI=1S/C13H17NO3S/c1-18(16,17)12-5-6-13(11(9-12)10-15)14-7-3-2-4-8-14/h5-6,9-10H,2-4,7-8H2,1H3. The first-order valence-corrected chi connectivity index (χ1v) is 7.96. The largest absolute Gasteiger partial charge is 0.371 e. The van der Waals surface area contributed by atoms with Crippen molar-refractivity contribution in [3.8, 4) is 0 Å². The third-order valence-electron chi connectivity index (χ3n) is 3.25. The van der Waals surface area contributed by atoms with Crippen molar-refractivity contribution in [1.29, 1.82) is 0 Å². The summed E-state index contributed by atoms with van der Waals surface area (Å²) < 4.78 is 22.9. The monoisotopic (exact) mass is 267 g/mol. The Labute approximate surface area is 108 Å². The third kappa shape index (κ3) is 2.72. The summed E-state index contributed by atoms with van der Waals surface area (Å²) in [6.45, 7) is 1.86. The summed E-state index contributed by atoms with van der Waals surface area (Å²) in [5.41, 5.74) is 1.30. The van der Waals surface area contributed by atoms with E-state index < -0.39 is 9.84 Å². The fourth-order valence-electron chi connectivity index (χ4n) is 2.28. The van der Waals surface area contributed by atoms with E-state index in [1.165, 1.54) is 12.5 Å². The number of rotatable bonds is 3. The smallest absolute Gasteiger partial charge is 0.175 e. The van der Waals surface area contributed by atoms with Crippen molar-refractivity contribution in [2.24, 2.45) is 0 Å². The van der Waals surface area contributed by atoms with Gasteiger partial charge in [0.25, 0.3) is 0 Å². The summed E-state index contributed by atoms with van der Waals surface area (Å²) in [7, 11) is -3.26. The number of hydrogen-bond acceptors (Lipinski definition) is 4. The maximum atomic E-state index is 11.5. The van der Waals surface area contributed by atoms with Gasteiger partial charge in [-0.25, -0.2) is 8.42 Å². The van der Waals surface area contributed by atoms with E-state index in [-0.39, 0.29) is 4.90 Å². The Morgan fingerprint density at radius 2 is 1.83 bits per heavy atom. The van der Waals surface area contributed by atoms with Crippen LogP contribution in [-0.4, -0.2) is 34.0 Å². The van der Waals surface area contributed by atoms with E-state index in [9.17, 15) is 13.2 Å². The predicted octanol–water partition coefficient (Wildman–Crippen LogP) is 1.89. The molecule has 0 radical (unpaired) electrons. The molecule has 2 rings (SSSR count). The van der Waals surface area contributed by atoms with Crippen LogP contribution in [0.15, 0.2) is 23.1 Å². The maximum absolute atomic E-state index is 11.5. The lowest BCUT2D eigenvalue weighted by atomic mass is 10.1. The number of carbonyl (C=O) groups excluding carboxylic acids is 1. The summed E-state index contributed by atoms with van der Waals surface area (Å²) in [6.07, 6.45) is 5.34. The van der Waals surface area contributed by atoms with Gasteiger partial charge in [-0.1, -0.05) is 0 Å². The molecule has 18 heavy (non-hydrogen) atoms.